The van der Waals surface area contributed by atoms with E-state index < -0.39 is 11.8 Å². The fourth-order valence-electron chi connectivity index (χ4n) is 1.21. The molecule has 0 radical (unpaired) electrons. The minimum Gasteiger partial charge on any atom is -0.475 e. The van der Waals surface area contributed by atoms with Crippen LogP contribution in [0.4, 0.5) is 4.39 Å². The van der Waals surface area contributed by atoms with Crippen molar-refractivity contribution in [2.75, 3.05) is 0 Å². The Hall–Kier alpha value is -1.69. The van der Waals surface area contributed by atoms with Crippen LogP contribution in [0, 0.1) is 5.82 Å². The third-order valence-corrected chi connectivity index (χ3v) is 2.34. The fraction of sp³-hybridized carbons (Fsp3) is 0. The lowest BCUT2D eigenvalue weighted by molar-refractivity contribution is 0.0652. The van der Waals surface area contributed by atoms with Gasteiger partial charge in [0.05, 0.1) is 0 Å². The molecule has 0 saturated carbocycles. The van der Waals surface area contributed by atoms with Crippen LogP contribution >= 0.6 is 15.9 Å². The molecule has 0 amide bonds. The van der Waals surface area contributed by atoms with Crippen molar-refractivity contribution < 1.29 is 18.8 Å². The second-order valence-electron chi connectivity index (χ2n) is 3.04. The van der Waals surface area contributed by atoms with Gasteiger partial charge in [0.25, 0.3) is 0 Å². The molecule has 1 aromatic carbocycles. The van der Waals surface area contributed by atoms with Crippen LogP contribution in [-0.4, -0.2) is 16.2 Å². The second kappa shape index (κ2) is 4.05. The molecule has 16 heavy (non-hydrogen) atoms. The van der Waals surface area contributed by atoms with Crippen molar-refractivity contribution >= 4 is 21.9 Å². The molecule has 2 aromatic rings. The van der Waals surface area contributed by atoms with Crippen LogP contribution in [0.25, 0.3) is 11.3 Å². The predicted molar refractivity (Wildman–Crippen MR) is 56.6 cm³/mol. The molecular formula is C10H5BrFNO3. The zero-order valence-corrected chi connectivity index (χ0v) is 9.36. The Labute approximate surface area is 97.8 Å². The van der Waals surface area contributed by atoms with E-state index in [-0.39, 0.29) is 11.5 Å². The maximum atomic E-state index is 13.1. The van der Waals surface area contributed by atoms with Crippen LogP contribution in [-0.2, 0) is 0 Å². The summed E-state index contributed by atoms with van der Waals surface area (Å²) in [5.41, 5.74) is 0.723. The standard InChI is InChI=1S/C10H5BrFNO3/c11-6-1-5(2-7(12)3-6)8-4-9(10(14)15)16-13-8/h1-4H,(H,14,15). The van der Waals surface area contributed by atoms with Gasteiger partial charge in [0, 0.05) is 16.1 Å². The van der Waals surface area contributed by atoms with E-state index >= 15 is 0 Å². The molecule has 1 heterocycles. The molecule has 0 aliphatic carbocycles. The SMILES string of the molecule is O=C(O)c1cc(-c2cc(F)cc(Br)c2)no1. The molecule has 0 unspecified atom stereocenters. The lowest BCUT2D eigenvalue weighted by Crippen LogP contribution is -1.91. The highest BCUT2D eigenvalue weighted by atomic mass is 79.9. The molecule has 2 rings (SSSR count). The highest BCUT2D eigenvalue weighted by Crippen LogP contribution is 2.24. The molecule has 0 fully saturated rings. The van der Waals surface area contributed by atoms with E-state index in [1.807, 2.05) is 0 Å². The minimum atomic E-state index is -1.21. The molecule has 0 bridgehead atoms. The number of aromatic nitrogens is 1. The molecule has 1 N–H and O–H groups in total. The molecule has 6 heteroatoms. The summed E-state index contributed by atoms with van der Waals surface area (Å²) in [6.07, 6.45) is 0. The van der Waals surface area contributed by atoms with Gasteiger partial charge in [0.1, 0.15) is 11.5 Å². The number of halogens is 2. The summed E-state index contributed by atoms with van der Waals surface area (Å²) in [5.74, 6) is -1.94. The molecule has 82 valence electrons. The van der Waals surface area contributed by atoms with Crippen molar-refractivity contribution in [2.45, 2.75) is 0 Å². The number of carbonyl (C=O) groups is 1. The smallest absolute Gasteiger partial charge is 0.374 e. The molecular weight excluding hydrogens is 281 g/mol. The van der Waals surface area contributed by atoms with Crippen molar-refractivity contribution in [3.63, 3.8) is 0 Å². The molecule has 0 aliphatic heterocycles. The van der Waals surface area contributed by atoms with Gasteiger partial charge in [-0.3, -0.25) is 0 Å². The molecule has 0 spiro atoms. The van der Waals surface area contributed by atoms with Gasteiger partial charge < -0.3 is 9.63 Å². The van der Waals surface area contributed by atoms with E-state index in [4.69, 9.17) is 5.11 Å². The Kier molecular flexibility index (Phi) is 2.74. The van der Waals surface area contributed by atoms with Crippen LogP contribution in [0.2, 0.25) is 0 Å². The lowest BCUT2D eigenvalue weighted by Gasteiger charge is -1.97. The van der Waals surface area contributed by atoms with Crippen molar-refractivity contribution in [2.24, 2.45) is 0 Å². The van der Waals surface area contributed by atoms with Gasteiger partial charge in [-0.1, -0.05) is 21.1 Å². The van der Waals surface area contributed by atoms with E-state index in [0.717, 1.165) is 0 Å². The van der Waals surface area contributed by atoms with Crippen LogP contribution in [0.3, 0.4) is 0 Å². The Morgan fingerprint density at radius 1 is 1.38 bits per heavy atom. The van der Waals surface area contributed by atoms with Gasteiger partial charge in [0.2, 0.25) is 5.76 Å². The number of nitrogens with zero attached hydrogens (tertiary/aromatic N) is 1. The predicted octanol–water partition coefficient (Wildman–Crippen LogP) is 2.94. The number of carboxylic acid groups (broad SMARTS) is 1. The van der Waals surface area contributed by atoms with Gasteiger partial charge in [-0.05, 0) is 18.2 Å². The molecule has 0 aliphatic rings. The van der Waals surface area contributed by atoms with Gasteiger partial charge >= 0.3 is 5.97 Å². The molecule has 4 nitrogen and oxygen atoms in total. The highest BCUT2D eigenvalue weighted by Gasteiger charge is 2.13. The van der Waals surface area contributed by atoms with Gasteiger partial charge in [-0.15, -0.1) is 0 Å². The van der Waals surface area contributed by atoms with E-state index in [2.05, 4.69) is 25.6 Å². The maximum Gasteiger partial charge on any atom is 0.374 e. The molecule has 0 atom stereocenters. The summed E-state index contributed by atoms with van der Waals surface area (Å²) in [5, 5.41) is 12.2. The summed E-state index contributed by atoms with van der Waals surface area (Å²) in [6.45, 7) is 0. The Morgan fingerprint density at radius 2 is 2.12 bits per heavy atom. The molecule has 0 saturated heterocycles. The number of rotatable bonds is 2. The quantitative estimate of drug-likeness (QED) is 0.921. The Morgan fingerprint density at radius 3 is 2.69 bits per heavy atom. The average molecular weight is 286 g/mol. The number of benzene rings is 1. The monoisotopic (exact) mass is 285 g/mol. The van der Waals surface area contributed by atoms with Crippen molar-refractivity contribution in [3.8, 4) is 11.3 Å². The topological polar surface area (TPSA) is 63.3 Å². The summed E-state index contributed by atoms with van der Waals surface area (Å²) in [4.78, 5) is 10.6. The fourth-order valence-corrected chi connectivity index (χ4v) is 1.68. The van der Waals surface area contributed by atoms with Crippen LogP contribution in [0.15, 0.2) is 33.3 Å². The zero-order valence-electron chi connectivity index (χ0n) is 7.78. The Bertz CT molecular complexity index is 532. The van der Waals surface area contributed by atoms with Gasteiger partial charge in [-0.25, -0.2) is 9.18 Å². The lowest BCUT2D eigenvalue weighted by atomic mass is 10.1. The third kappa shape index (κ3) is 2.11. The summed E-state index contributed by atoms with van der Waals surface area (Å²) >= 11 is 3.13. The Balaban J connectivity index is 2.46. The minimum absolute atomic E-state index is 0.276. The van der Waals surface area contributed by atoms with Crippen molar-refractivity contribution in [1.82, 2.24) is 5.16 Å². The van der Waals surface area contributed by atoms with Crippen molar-refractivity contribution in [3.05, 3.63) is 40.3 Å². The first-order valence-electron chi connectivity index (χ1n) is 4.23. The van der Waals surface area contributed by atoms with Gasteiger partial charge in [0.15, 0.2) is 0 Å². The van der Waals surface area contributed by atoms with E-state index in [9.17, 15) is 9.18 Å². The van der Waals surface area contributed by atoms with Crippen LogP contribution in [0.1, 0.15) is 10.6 Å². The largest absolute Gasteiger partial charge is 0.475 e. The van der Waals surface area contributed by atoms with Crippen LogP contribution in [0.5, 0.6) is 0 Å². The summed E-state index contributed by atoms with van der Waals surface area (Å²) in [6, 6.07) is 5.39. The first-order valence-corrected chi connectivity index (χ1v) is 5.02. The zero-order chi connectivity index (χ0) is 11.7. The third-order valence-electron chi connectivity index (χ3n) is 1.88. The average Bonchev–Trinajstić information content (AvgIpc) is 2.64. The van der Waals surface area contributed by atoms with Crippen molar-refractivity contribution in [1.29, 1.82) is 0 Å². The second-order valence-corrected chi connectivity index (χ2v) is 3.96. The van der Waals surface area contributed by atoms with E-state index in [0.29, 0.717) is 10.0 Å². The van der Waals surface area contributed by atoms with Gasteiger partial charge in [-0.2, -0.15) is 0 Å². The summed E-state index contributed by atoms with van der Waals surface area (Å²) in [7, 11) is 0. The van der Waals surface area contributed by atoms with E-state index in [1.54, 1.807) is 6.07 Å². The normalized spacial score (nSPS) is 10.4. The van der Waals surface area contributed by atoms with Crippen LogP contribution < -0.4 is 0 Å². The van der Waals surface area contributed by atoms with E-state index in [1.165, 1.54) is 18.2 Å². The number of hydrogen-bond donors (Lipinski definition) is 1. The first-order chi connectivity index (χ1) is 7.56. The highest BCUT2D eigenvalue weighted by molar-refractivity contribution is 9.10. The number of hydrogen-bond acceptors (Lipinski definition) is 3. The summed E-state index contributed by atoms with van der Waals surface area (Å²) < 4.78 is 18.2. The molecule has 1 aromatic heterocycles. The number of aromatic carboxylic acids is 1. The first kappa shape index (κ1) is 10.8. The number of carboxylic acids is 1. The maximum absolute atomic E-state index is 13.1.